The molecule has 0 saturated carbocycles. The lowest BCUT2D eigenvalue weighted by Gasteiger charge is -2.38. The molecule has 1 aliphatic rings. The van der Waals surface area contributed by atoms with Gasteiger partial charge in [0.05, 0.1) is 0 Å². The van der Waals surface area contributed by atoms with Gasteiger partial charge in [0, 0.05) is 28.2 Å². The van der Waals surface area contributed by atoms with Gasteiger partial charge >= 0.3 is 0 Å². The summed E-state index contributed by atoms with van der Waals surface area (Å²) in [5, 5.41) is 4.47. The van der Waals surface area contributed by atoms with Gasteiger partial charge < -0.3 is 5.32 Å². The number of piperidine rings is 1. The Morgan fingerprint density at radius 1 is 0.939 bits per heavy atom. The number of carbonyl (C=O) groups excluding carboxylic acids is 1. The molecule has 1 aliphatic heterocycles. The van der Waals surface area contributed by atoms with Crippen molar-refractivity contribution in [3.05, 3.63) is 106 Å². The molecule has 3 aromatic rings. The molecule has 0 radical (unpaired) electrons. The number of carbonyl (C=O) groups is 1. The molecule has 172 valence electrons. The number of likely N-dealkylation sites (tertiary alicyclic amines) is 1. The van der Waals surface area contributed by atoms with Crippen LogP contribution in [0.15, 0.2) is 78.9 Å². The van der Waals surface area contributed by atoms with Crippen LogP contribution >= 0.6 is 23.2 Å². The Labute approximate surface area is 206 Å². The molecule has 1 amide bonds. The molecule has 0 bridgehead atoms. The van der Waals surface area contributed by atoms with Crippen molar-refractivity contribution in [2.45, 2.75) is 31.7 Å². The van der Waals surface area contributed by atoms with Gasteiger partial charge in [-0.3, -0.25) is 9.69 Å². The average molecular weight is 481 g/mol. The average Bonchev–Trinajstić information content (AvgIpc) is 2.84. The topological polar surface area (TPSA) is 32.3 Å². The van der Waals surface area contributed by atoms with Crippen LogP contribution in [-0.2, 0) is 12.8 Å². The molecule has 1 fully saturated rings. The highest BCUT2D eigenvalue weighted by molar-refractivity contribution is 6.35. The molecule has 0 spiro atoms. The van der Waals surface area contributed by atoms with Crippen LogP contribution in [0.1, 0.15) is 34.3 Å². The summed E-state index contributed by atoms with van der Waals surface area (Å²) < 4.78 is 0. The maximum atomic E-state index is 12.7. The second-order valence-electron chi connectivity index (χ2n) is 8.84. The standard InChI is InChI=1S/C28H30Cl2N2O/c29-25-12-11-24(27(30)19-25)18-26(20-31-28(33)23-9-5-2-6-10-23)32-15-13-22(14-16-32)17-21-7-3-1-4-8-21/h1-12,19,22,26H,13-18,20H2,(H,31,33). The number of hydrogen-bond donors (Lipinski definition) is 1. The van der Waals surface area contributed by atoms with Crippen LogP contribution in [0.5, 0.6) is 0 Å². The zero-order chi connectivity index (χ0) is 23.0. The second-order valence-corrected chi connectivity index (χ2v) is 9.68. The van der Waals surface area contributed by atoms with Gasteiger partial charge in [0.2, 0.25) is 0 Å². The molecule has 3 nitrogen and oxygen atoms in total. The van der Waals surface area contributed by atoms with Crippen molar-refractivity contribution in [2.24, 2.45) is 5.92 Å². The van der Waals surface area contributed by atoms with Crippen LogP contribution in [0.2, 0.25) is 10.0 Å². The first-order chi connectivity index (χ1) is 16.1. The summed E-state index contributed by atoms with van der Waals surface area (Å²) >= 11 is 12.6. The quantitative estimate of drug-likeness (QED) is 0.410. The first-order valence-electron chi connectivity index (χ1n) is 11.6. The number of halogens is 2. The van der Waals surface area contributed by atoms with Crippen molar-refractivity contribution in [3.8, 4) is 0 Å². The molecule has 0 aliphatic carbocycles. The van der Waals surface area contributed by atoms with Gasteiger partial charge in [-0.15, -0.1) is 0 Å². The molecule has 0 aromatic heterocycles. The number of hydrogen-bond acceptors (Lipinski definition) is 2. The van der Waals surface area contributed by atoms with Gasteiger partial charge in [0.25, 0.3) is 5.91 Å². The van der Waals surface area contributed by atoms with Crippen molar-refractivity contribution >= 4 is 29.1 Å². The molecule has 1 saturated heterocycles. The summed E-state index contributed by atoms with van der Waals surface area (Å²) in [5.74, 6) is 0.657. The predicted molar refractivity (Wildman–Crippen MR) is 137 cm³/mol. The van der Waals surface area contributed by atoms with E-state index >= 15 is 0 Å². The summed E-state index contributed by atoms with van der Waals surface area (Å²) in [7, 11) is 0. The summed E-state index contributed by atoms with van der Waals surface area (Å²) in [6.45, 7) is 2.62. The van der Waals surface area contributed by atoms with Crippen LogP contribution in [0.4, 0.5) is 0 Å². The third-order valence-corrected chi connectivity index (χ3v) is 7.12. The lowest BCUT2D eigenvalue weighted by Crippen LogP contribution is -2.48. The lowest BCUT2D eigenvalue weighted by atomic mass is 9.89. The van der Waals surface area contributed by atoms with Crippen molar-refractivity contribution < 1.29 is 4.79 Å². The molecule has 3 aromatic carbocycles. The van der Waals surface area contributed by atoms with Crippen LogP contribution in [0, 0.1) is 5.92 Å². The van der Waals surface area contributed by atoms with E-state index < -0.39 is 0 Å². The van der Waals surface area contributed by atoms with Gasteiger partial charge in [-0.05, 0) is 80.1 Å². The van der Waals surface area contributed by atoms with E-state index in [1.54, 1.807) is 6.07 Å². The Morgan fingerprint density at radius 3 is 2.27 bits per heavy atom. The summed E-state index contributed by atoms with van der Waals surface area (Å²) in [5.41, 5.74) is 3.16. The molecule has 1 N–H and O–H groups in total. The fourth-order valence-electron chi connectivity index (χ4n) is 4.64. The first kappa shape index (κ1) is 23.8. The molecular weight excluding hydrogens is 451 g/mol. The third kappa shape index (κ3) is 6.83. The van der Waals surface area contributed by atoms with Crippen molar-refractivity contribution in [1.29, 1.82) is 0 Å². The number of rotatable bonds is 8. The van der Waals surface area contributed by atoms with Crippen LogP contribution < -0.4 is 5.32 Å². The molecule has 1 unspecified atom stereocenters. The van der Waals surface area contributed by atoms with Crippen LogP contribution in [-0.4, -0.2) is 36.5 Å². The van der Waals surface area contributed by atoms with E-state index in [0.29, 0.717) is 28.1 Å². The Morgan fingerprint density at radius 2 is 1.61 bits per heavy atom. The van der Waals surface area contributed by atoms with Crippen molar-refractivity contribution in [2.75, 3.05) is 19.6 Å². The Kier molecular flexibility index (Phi) is 8.44. The smallest absolute Gasteiger partial charge is 0.251 e. The zero-order valence-electron chi connectivity index (χ0n) is 18.7. The highest BCUT2D eigenvalue weighted by atomic mass is 35.5. The van der Waals surface area contributed by atoms with E-state index in [-0.39, 0.29) is 11.9 Å². The monoisotopic (exact) mass is 480 g/mol. The number of benzene rings is 3. The predicted octanol–water partition coefficient (Wildman–Crippen LogP) is 6.29. The van der Waals surface area contributed by atoms with E-state index in [2.05, 4.69) is 40.5 Å². The largest absolute Gasteiger partial charge is 0.350 e. The minimum Gasteiger partial charge on any atom is -0.350 e. The van der Waals surface area contributed by atoms with E-state index in [9.17, 15) is 4.79 Å². The Balaban J connectivity index is 1.41. The maximum Gasteiger partial charge on any atom is 0.251 e. The molecule has 33 heavy (non-hydrogen) atoms. The molecule has 5 heteroatoms. The van der Waals surface area contributed by atoms with Crippen LogP contribution in [0.25, 0.3) is 0 Å². The second kappa shape index (κ2) is 11.7. The highest BCUT2D eigenvalue weighted by Crippen LogP contribution is 2.27. The lowest BCUT2D eigenvalue weighted by molar-refractivity contribution is 0.0909. The van der Waals surface area contributed by atoms with Gasteiger partial charge in [0.15, 0.2) is 0 Å². The van der Waals surface area contributed by atoms with Gasteiger partial charge in [-0.25, -0.2) is 0 Å². The summed E-state index contributed by atoms with van der Waals surface area (Å²) in [4.78, 5) is 15.2. The minimum atomic E-state index is -0.0400. The van der Waals surface area contributed by atoms with Crippen molar-refractivity contribution in [3.63, 3.8) is 0 Å². The van der Waals surface area contributed by atoms with Crippen LogP contribution in [0.3, 0.4) is 0 Å². The summed E-state index contributed by atoms with van der Waals surface area (Å²) in [6.07, 6.45) is 4.22. The fourth-order valence-corrected chi connectivity index (χ4v) is 5.13. The SMILES string of the molecule is O=C(NCC(Cc1ccc(Cl)cc1Cl)N1CCC(Cc2ccccc2)CC1)c1ccccc1. The number of amides is 1. The van der Waals surface area contributed by atoms with E-state index in [0.717, 1.165) is 44.3 Å². The van der Waals surface area contributed by atoms with E-state index in [1.807, 2.05) is 42.5 Å². The molecular formula is C28H30Cl2N2O. The summed E-state index contributed by atoms with van der Waals surface area (Å²) in [6, 6.07) is 26.0. The van der Waals surface area contributed by atoms with E-state index in [4.69, 9.17) is 23.2 Å². The minimum absolute atomic E-state index is 0.0400. The Bertz CT molecular complexity index is 1030. The maximum absolute atomic E-state index is 12.7. The molecule has 1 heterocycles. The third-order valence-electron chi connectivity index (χ3n) is 6.54. The van der Waals surface area contributed by atoms with Gasteiger partial charge in [-0.2, -0.15) is 0 Å². The van der Waals surface area contributed by atoms with Crippen molar-refractivity contribution in [1.82, 2.24) is 10.2 Å². The van der Waals surface area contributed by atoms with E-state index in [1.165, 1.54) is 5.56 Å². The highest BCUT2D eigenvalue weighted by Gasteiger charge is 2.26. The molecule has 4 rings (SSSR count). The number of nitrogens with zero attached hydrogens (tertiary/aromatic N) is 1. The number of nitrogens with one attached hydrogen (secondary N) is 1. The van der Waals surface area contributed by atoms with Gasteiger partial charge in [-0.1, -0.05) is 77.8 Å². The Hall–Kier alpha value is -2.33. The first-order valence-corrected chi connectivity index (χ1v) is 12.4. The molecule has 1 atom stereocenters. The van der Waals surface area contributed by atoms with Gasteiger partial charge in [0.1, 0.15) is 0 Å². The normalized spacial score (nSPS) is 15.8. The zero-order valence-corrected chi connectivity index (χ0v) is 20.2. The fraction of sp³-hybridized carbons (Fsp3) is 0.321.